The van der Waals surface area contributed by atoms with E-state index in [0.717, 1.165) is 60.2 Å². The predicted octanol–water partition coefficient (Wildman–Crippen LogP) is 4.01. The molecule has 1 saturated heterocycles. The zero-order valence-electron chi connectivity index (χ0n) is 20.1. The molecule has 0 radical (unpaired) electrons. The Kier molecular flexibility index (Phi) is 5.55. The number of piperazine rings is 1. The quantitative estimate of drug-likeness (QED) is 0.401. The minimum absolute atomic E-state index is 0.0879. The Bertz CT molecular complexity index is 1530. The molecule has 5 aromatic rings. The maximum absolute atomic E-state index is 14.4. The van der Waals surface area contributed by atoms with Crippen molar-refractivity contribution in [3.63, 3.8) is 0 Å². The molecule has 9 nitrogen and oxygen atoms in total. The number of hydrogen-bond donors (Lipinski definition) is 1. The van der Waals surface area contributed by atoms with Gasteiger partial charge in [0.2, 0.25) is 0 Å². The van der Waals surface area contributed by atoms with Crippen LogP contribution in [-0.2, 0) is 0 Å². The van der Waals surface area contributed by atoms with E-state index in [2.05, 4.69) is 48.2 Å². The molecule has 10 heteroatoms. The van der Waals surface area contributed by atoms with Crippen molar-refractivity contribution < 1.29 is 4.39 Å². The number of halogens is 1. The van der Waals surface area contributed by atoms with Crippen LogP contribution >= 0.6 is 0 Å². The smallest absolute Gasteiger partial charge is 0.157 e. The van der Waals surface area contributed by atoms with Crippen molar-refractivity contribution in [2.45, 2.75) is 19.9 Å². The molecule has 0 saturated carbocycles. The minimum Gasteiger partial charge on any atom is -0.363 e. The highest BCUT2D eigenvalue weighted by Crippen LogP contribution is 2.33. The summed E-state index contributed by atoms with van der Waals surface area (Å²) in [6.07, 6.45) is 8.68. The molecule has 0 spiro atoms. The second-order valence-electron chi connectivity index (χ2n) is 8.98. The number of anilines is 3. The first kappa shape index (κ1) is 22.1. The van der Waals surface area contributed by atoms with E-state index in [0.29, 0.717) is 11.1 Å². The number of rotatable bonds is 5. The lowest BCUT2D eigenvalue weighted by Crippen LogP contribution is -2.47. The van der Waals surface area contributed by atoms with E-state index < -0.39 is 0 Å². The molecule has 1 aliphatic heterocycles. The summed E-state index contributed by atoms with van der Waals surface area (Å²) in [5, 5.41) is 8.89. The van der Waals surface area contributed by atoms with Crippen LogP contribution in [0.1, 0.15) is 24.1 Å². The van der Waals surface area contributed by atoms with Crippen LogP contribution in [0.15, 0.2) is 61.3 Å². The fourth-order valence-corrected chi connectivity index (χ4v) is 4.78. The Morgan fingerprint density at radius 2 is 1.78 bits per heavy atom. The van der Waals surface area contributed by atoms with Gasteiger partial charge in [-0.3, -0.25) is 4.98 Å². The van der Waals surface area contributed by atoms with Gasteiger partial charge in [0, 0.05) is 67.3 Å². The number of nitrogens with zero attached hydrogens (tertiary/aromatic N) is 8. The lowest BCUT2D eigenvalue weighted by molar-refractivity contribution is 0.620. The maximum atomic E-state index is 14.4. The number of aryl methyl sites for hydroxylation is 1. The van der Waals surface area contributed by atoms with Gasteiger partial charge >= 0.3 is 0 Å². The van der Waals surface area contributed by atoms with Gasteiger partial charge in [-0.15, -0.1) is 0 Å². The van der Waals surface area contributed by atoms with Crippen LogP contribution in [0.3, 0.4) is 0 Å². The van der Waals surface area contributed by atoms with Crippen LogP contribution < -0.4 is 15.1 Å². The Morgan fingerprint density at radius 1 is 0.944 bits per heavy atom. The van der Waals surface area contributed by atoms with E-state index >= 15 is 0 Å². The topological polar surface area (TPSA) is 87.4 Å². The first-order valence-corrected chi connectivity index (χ1v) is 12.0. The molecule has 6 rings (SSSR count). The van der Waals surface area contributed by atoms with E-state index in [9.17, 15) is 4.39 Å². The molecule has 5 heterocycles. The van der Waals surface area contributed by atoms with Gasteiger partial charge in [-0.25, -0.2) is 19.3 Å². The van der Waals surface area contributed by atoms with Crippen molar-refractivity contribution in [1.29, 1.82) is 0 Å². The van der Waals surface area contributed by atoms with Crippen LogP contribution in [0.5, 0.6) is 0 Å². The molecule has 4 aromatic heterocycles. The van der Waals surface area contributed by atoms with Gasteiger partial charge < -0.3 is 15.1 Å². The number of benzene rings is 1. The van der Waals surface area contributed by atoms with E-state index in [-0.39, 0.29) is 11.9 Å². The summed E-state index contributed by atoms with van der Waals surface area (Å²) in [6, 6.07) is 9.12. The Hall–Kier alpha value is -4.34. The van der Waals surface area contributed by atoms with Gasteiger partial charge in [0.05, 0.1) is 24.0 Å². The number of hydrogen-bond acceptors (Lipinski definition) is 8. The number of nitrogens with one attached hydrogen (secondary N) is 1. The van der Waals surface area contributed by atoms with Gasteiger partial charge in [-0.1, -0.05) is 0 Å². The first-order chi connectivity index (χ1) is 17.6. The normalized spacial score (nSPS) is 15.0. The molecule has 1 aromatic carbocycles. The van der Waals surface area contributed by atoms with Crippen LogP contribution in [-0.4, -0.2) is 55.7 Å². The third kappa shape index (κ3) is 3.94. The Morgan fingerprint density at radius 3 is 2.58 bits per heavy atom. The molecule has 0 amide bonds. The van der Waals surface area contributed by atoms with Gasteiger partial charge in [0.1, 0.15) is 23.3 Å². The second kappa shape index (κ2) is 9.03. The SMILES string of the molecule is Cc1c(F)ccc2cc([C@H](C)Nc3ccnc4ccnn34)c(N3CCN(c4cnccn4)CC3)nc12. The molecule has 1 atom stereocenters. The van der Waals surface area contributed by atoms with Crippen molar-refractivity contribution in [3.05, 3.63) is 78.3 Å². The van der Waals surface area contributed by atoms with E-state index in [4.69, 9.17) is 4.98 Å². The lowest BCUT2D eigenvalue weighted by Gasteiger charge is -2.37. The van der Waals surface area contributed by atoms with Crippen molar-refractivity contribution in [2.24, 2.45) is 0 Å². The molecule has 0 aliphatic carbocycles. The molecule has 1 aliphatic rings. The highest BCUT2D eigenvalue weighted by atomic mass is 19.1. The standard InChI is InChI=1S/C26H26FN9/c1-17-21(27)4-3-19-15-20(18(2)32-23-5-7-29-22-6-8-31-36(22)23)26(33-25(17)19)35-13-11-34(12-14-35)24-16-28-9-10-30-24/h3-10,15-16,18,32H,11-14H2,1-2H3/t18-/m0/s1. The molecule has 1 fully saturated rings. The lowest BCUT2D eigenvalue weighted by atomic mass is 10.0. The summed E-state index contributed by atoms with van der Waals surface area (Å²) in [4.78, 5) is 22.5. The van der Waals surface area contributed by atoms with Crippen LogP contribution in [0.25, 0.3) is 16.6 Å². The molecule has 182 valence electrons. The third-order valence-electron chi connectivity index (χ3n) is 6.76. The summed E-state index contributed by atoms with van der Waals surface area (Å²) in [5.41, 5.74) is 3.07. The molecule has 0 unspecified atom stereocenters. The van der Waals surface area contributed by atoms with Crippen LogP contribution in [0, 0.1) is 12.7 Å². The average Bonchev–Trinajstić information content (AvgIpc) is 3.41. The van der Waals surface area contributed by atoms with Gasteiger partial charge in [-0.05, 0) is 38.1 Å². The summed E-state index contributed by atoms with van der Waals surface area (Å²) in [6.45, 7) is 7.01. The zero-order chi connectivity index (χ0) is 24.6. The third-order valence-corrected chi connectivity index (χ3v) is 6.76. The zero-order valence-corrected chi connectivity index (χ0v) is 20.1. The first-order valence-electron chi connectivity index (χ1n) is 12.0. The largest absolute Gasteiger partial charge is 0.363 e. The molecule has 0 bridgehead atoms. The second-order valence-corrected chi connectivity index (χ2v) is 8.98. The van der Waals surface area contributed by atoms with E-state index in [1.54, 1.807) is 48.5 Å². The van der Waals surface area contributed by atoms with Crippen molar-refractivity contribution in [3.8, 4) is 0 Å². The molecule has 36 heavy (non-hydrogen) atoms. The maximum Gasteiger partial charge on any atom is 0.157 e. The van der Waals surface area contributed by atoms with Crippen LogP contribution in [0.4, 0.5) is 21.8 Å². The highest BCUT2D eigenvalue weighted by Gasteiger charge is 2.25. The predicted molar refractivity (Wildman–Crippen MR) is 138 cm³/mol. The fourth-order valence-electron chi connectivity index (χ4n) is 4.78. The van der Waals surface area contributed by atoms with Gasteiger partial charge in [0.25, 0.3) is 0 Å². The van der Waals surface area contributed by atoms with Gasteiger partial charge in [-0.2, -0.15) is 9.61 Å². The molecular formula is C26H26FN9. The summed E-state index contributed by atoms with van der Waals surface area (Å²) in [7, 11) is 0. The fraction of sp³-hybridized carbons (Fsp3) is 0.269. The number of fused-ring (bicyclic) bond motifs is 2. The molecular weight excluding hydrogens is 457 g/mol. The minimum atomic E-state index is -0.245. The number of aromatic nitrogens is 6. The summed E-state index contributed by atoms with van der Waals surface area (Å²) >= 11 is 0. The summed E-state index contributed by atoms with van der Waals surface area (Å²) < 4.78 is 16.2. The average molecular weight is 484 g/mol. The Balaban J connectivity index is 1.36. The monoisotopic (exact) mass is 483 g/mol. The van der Waals surface area contributed by atoms with Gasteiger partial charge in [0.15, 0.2) is 5.65 Å². The van der Waals surface area contributed by atoms with Crippen molar-refractivity contribution >= 4 is 34.0 Å². The number of pyridine rings is 1. The van der Waals surface area contributed by atoms with Crippen molar-refractivity contribution in [2.75, 3.05) is 41.3 Å². The molecule has 1 N–H and O–H groups in total. The highest BCUT2D eigenvalue weighted by molar-refractivity contribution is 5.85. The summed E-state index contributed by atoms with van der Waals surface area (Å²) in [5.74, 6) is 2.33. The van der Waals surface area contributed by atoms with Crippen molar-refractivity contribution in [1.82, 2.24) is 29.5 Å². The van der Waals surface area contributed by atoms with Crippen LogP contribution in [0.2, 0.25) is 0 Å². The Labute approximate surface area is 207 Å². The van der Waals surface area contributed by atoms with E-state index in [1.165, 1.54) is 6.07 Å². The van der Waals surface area contributed by atoms with E-state index in [1.807, 2.05) is 12.1 Å².